The molecule has 0 amide bonds. The zero-order chi connectivity index (χ0) is 24.6. The molecule has 0 fully saturated rings. The van der Waals surface area contributed by atoms with Crippen molar-refractivity contribution in [2.75, 3.05) is 16.2 Å². The monoisotopic (exact) mass is 511 g/mol. The average Bonchev–Trinajstić information content (AvgIpc) is 2.83. The maximum absolute atomic E-state index is 14.0. The van der Waals surface area contributed by atoms with Crippen LogP contribution in [0.5, 0.6) is 0 Å². The number of hydrogen-bond donors (Lipinski definition) is 3. The van der Waals surface area contributed by atoms with E-state index in [-0.39, 0.29) is 32.9 Å². The Bertz CT molecular complexity index is 1260. The predicted molar refractivity (Wildman–Crippen MR) is 137 cm³/mol. The molecule has 0 aliphatic rings. The molecular weight excluding hydrogens is 495 g/mol. The largest absolute Gasteiger partial charge is 0.340 e. The molecule has 0 aliphatic carbocycles. The highest BCUT2D eigenvalue weighted by molar-refractivity contribution is 6.33. The zero-order valence-electron chi connectivity index (χ0n) is 17.9. The Kier molecular flexibility index (Phi) is 7.81. The molecule has 0 radical (unpaired) electrons. The molecule has 1 aromatic heterocycles. The minimum Gasteiger partial charge on any atom is -0.340 e. The molecule has 0 spiro atoms. The molecule has 35 heavy (non-hydrogen) atoms. The van der Waals surface area contributed by atoms with E-state index in [1.165, 1.54) is 36.7 Å². The third kappa shape index (κ3) is 6.50. The molecule has 7 nitrogen and oxygen atoms in total. The molecule has 0 saturated heterocycles. The van der Waals surface area contributed by atoms with E-state index in [1.54, 1.807) is 18.2 Å². The smallest absolute Gasteiger partial charge is 0.247 e. The summed E-state index contributed by atoms with van der Waals surface area (Å²) in [5.74, 6) is -0.276. The van der Waals surface area contributed by atoms with E-state index in [0.717, 1.165) is 5.69 Å². The van der Waals surface area contributed by atoms with Crippen LogP contribution in [0.1, 0.15) is 11.1 Å². The van der Waals surface area contributed by atoms with Gasteiger partial charge in [0.05, 0.1) is 22.5 Å². The van der Waals surface area contributed by atoms with Gasteiger partial charge in [0.1, 0.15) is 17.5 Å². The lowest BCUT2D eigenvalue weighted by Gasteiger charge is -2.09. The van der Waals surface area contributed by atoms with Gasteiger partial charge < -0.3 is 5.32 Å². The van der Waals surface area contributed by atoms with E-state index in [2.05, 4.69) is 36.3 Å². The normalized spacial score (nSPS) is 11.2. The number of nitrogens with zero attached hydrogens (tertiary/aromatic N) is 4. The predicted octanol–water partition coefficient (Wildman–Crippen LogP) is 6.70. The molecule has 0 atom stereocenters. The van der Waals surface area contributed by atoms with Gasteiger partial charge in [0.25, 0.3) is 0 Å². The molecule has 11 heteroatoms. The Hall–Kier alpha value is -4.08. The highest BCUT2D eigenvalue weighted by Gasteiger charge is 2.07. The first-order chi connectivity index (χ1) is 17.0. The Morgan fingerprint density at radius 3 is 1.86 bits per heavy atom. The van der Waals surface area contributed by atoms with Gasteiger partial charge in [0, 0.05) is 22.9 Å². The number of aromatic nitrogens is 2. The van der Waals surface area contributed by atoms with Gasteiger partial charge >= 0.3 is 0 Å². The average molecular weight is 512 g/mol. The molecule has 0 aliphatic heterocycles. The van der Waals surface area contributed by atoms with Crippen LogP contribution in [0.15, 0.2) is 83.0 Å². The number of hydrazone groups is 2. The first-order valence-electron chi connectivity index (χ1n) is 10.2. The van der Waals surface area contributed by atoms with Gasteiger partial charge in [0.2, 0.25) is 5.95 Å². The van der Waals surface area contributed by atoms with Gasteiger partial charge in [-0.2, -0.15) is 20.2 Å². The van der Waals surface area contributed by atoms with E-state index < -0.39 is 11.6 Å². The maximum Gasteiger partial charge on any atom is 0.247 e. The highest BCUT2D eigenvalue weighted by Crippen LogP contribution is 2.21. The standard InChI is InChI=1S/C24H17Cl2F2N7/c25-18-8-4-10-20(27)16(18)13-29-34-23-12-22(31-15-6-2-1-3-7-15)32-24(33-23)35-30-14-17-19(26)9-5-11-21(17)28/h1-14H,(H3,31,32,33,34,35). The molecule has 3 aromatic carbocycles. The van der Waals surface area contributed by atoms with Crippen molar-refractivity contribution in [3.63, 3.8) is 0 Å². The second-order valence-corrected chi connectivity index (χ2v) is 7.78. The number of para-hydroxylation sites is 1. The lowest BCUT2D eigenvalue weighted by Crippen LogP contribution is -2.04. The molecule has 4 aromatic rings. The number of halogens is 4. The van der Waals surface area contributed by atoms with Gasteiger partial charge in [-0.25, -0.2) is 14.2 Å². The molecule has 1 heterocycles. The van der Waals surface area contributed by atoms with Gasteiger partial charge in [-0.1, -0.05) is 53.5 Å². The molecule has 4 rings (SSSR count). The third-order valence-corrected chi connectivity index (χ3v) is 5.16. The summed E-state index contributed by atoms with van der Waals surface area (Å²) < 4.78 is 28.0. The fourth-order valence-electron chi connectivity index (χ4n) is 2.87. The van der Waals surface area contributed by atoms with Crippen LogP contribution in [0, 0.1) is 11.6 Å². The highest BCUT2D eigenvalue weighted by atomic mass is 35.5. The Morgan fingerprint density at radius 2 is 1.26 bits per heavy atom. The van der Waals surface area contributed by atoms with E-state index >= 15 is 0 Å². The summed E-state index contributed by atoms with van der Waals surface area (Å²) in [7, 11) is 0. The summed E-state index contributed by atoms with van der Waals surface area (Å²) in [6.45, 7) is 0. The van der Waals surface area contributed by atoms with Crippen molar-refractivity contribution in [1.29, 1.82) is 0 Å². The van der Waals surface area contributed by atoms with Crippen LogP contribution in [0.25, 0.3) is 0 Å². The van der Waals surface area contributed by atoms with Crippen LogP contribution >= 0.6 is 23.2 Å². The zero-order valence-corrected chi connectivity index (χ0v) is 19.4. The first-order valence-corrected chi connectivity index (χ1v) is 10.9. The molecule has 176 valence electrons. The van der Waals surface area contributed by atoms with Crippen LogP contribution in [-0.2, 0) is 0 Å². The van der Waals surface area contributed by atoms with Crippen LogP contribution in [0.4, 0.5) is 32.1 Å². The van der Waals surface area contributed by atoms with Gasteiger partial charge in [-0.3, -0.25) is 5.43 Å². The van der Waals surface area contributed by atoms with Crippen molar-refractivity contribution >= 4 is 58.9 Å². The lowest BCUT2D eigenvalue weighted by molar-refractivity contribution is 0.625. The van der Waals surface area contributed by atoms with E-state index in [4.69, 9.17) is 23.2 Å². The summed E-state index contributed by atoms with van der Waals surface area (Å²) in [4.78, 5) is 8.63. The first kappa shape index (κ1) is 24.1. The van der Waals surface area contributed by atoms with Crippen molar-refractivity contribution in [2.45, 2.75) is 0 Å². The maximum atomic E-state index is 14.0. The minimum atomic E-state index is -0.521. The lowest BCUT2D eigenvalue weighted by atomic mass is 10.2. The summed E-state index contributed by atoms with van der Waals surface area (Å²) in [5.41, 5.74) is 6.40. The third-order valence-electron chi connectivity index (χ3n) is 4.50. The number of hydrogen-bond acceptors (Lipinski definition) is 7. The van der Waals surface area contributed by atoms with Crippen molar-refractivity contribution in [3.8, 4) is 0 Å². The van der Waals surface area contributed by atoms with Gasteiger partial charge in [-0.15, -0.1) is 0 Å². The molecule has 0 bridgehead atoms. The van der Waals surface area contributed by atoms with E-state index in [0.29, 0.717) is 5.82 Å². The molecular formula is C24H17Cl2F2N7. The van der Waals surface area contributed by atoms with Crippen molar-refractivity contribution in [1.82, 2.24) is 9.97 Å². The quantitative estimate of drug-likeness (QED) is 0.181. The second kappa shape index (κ2) is 11.4. The number of anilines is 4. The SMILES string of the molecule is Fc1cccc(Cl)c1C=NNc1cc(Nc2ccccc2)nc(NN=Cc2c(F)cccc2Cl)n1. The Balaban J connectivity index is 1.57. The summed E-state index contributed by atoms with van der Waals surface area (Å²) in [6, 6.07) is 19.6. The van der Waals surface area contributed by atoms with E-state index in [1.807, 2.05) is 30.3 Å². The van der Waals surface area contributed by atoms with Crippen LogP contribution in [0.3, 0.4) is 0 Å². The fourth-order valence-corrected chi connectivity index (χ4v) is 3.30. The van der Waals surface area contributed by atoms with Crippen molar-refractivity contribution in [3.05, 3.63) is 106 Å². The van der Waals surface area contributed by atoms with Crippen molar-refractivity contribution < 1.29 is 8.78 Å². The molecule has 3 N–H and O–H groups in total. The number of nitrogens with one attached hydrogen (secondary N) is 3. The second-order valence-electron chi connectivity index (χ2n) is 6.96. The molecule has 0 saturated carbocycles. The summed E-state index contributed by atoms with van der Waals surface area (Å²) in [6.07, 6.45) is 2.47. The topological polar surface area (TPSA) is 86.6 Å². The van der Waals surface area contributed by atoms with E-state index in [9.17, 15) is 8.78 Å². The fraction of sp³-hybridized carbons (Fsp3) is 0. The van der Waals surface area contributed by atoms with Crippen LogP contribution < -0.4 is 16.2 Å². The van der Waals surface area contributed by atoms with Crippen molar-refractivity contribution in [2.24, 2.45) is 10.2 Å². The summed E-state index contributed by atoms with van der Waals surface area (Å²) in [5, 5.41) is 11.6. The Morgan fingerprint density at radius 1 is 0.686 bits per heavy atom. The molecule has 0 unspecified atom stereocenters. The number of rotatable bonds is 8. The van der Waals surface area contributed by atoms with Gasteiger partial charge in [-0.05, 0) is 36.4 Å². The number of benzene rings is 3. The van der Waals surface area contributed by atoms with Gasteiger partial charge in [0.15, 0.2) is 5.82 Å². The Labute approximate surface area is 209 Å². The van der Waals surface area contributed by atoms with Crippen LogP contribution in [0.2, 0.25) is 10.0 Å². The van der Waals surface area contributed by atoms with Crippen LogP contribution in [-0.4, -0.2) is 22.4 Å². The summed E-state index contributed by atoms with van der Waals surface area (Å²) >= 11 is 12.0. The minimum absolute atomic E-state index is 0.0799.